The summed E-state index contributed by atoms with van der Waals surface area (Å²) in [6.45, 7) is 5.20. The fourth-order valence-electron chi connectivity index (χ4n) is 6.15. The first-order chi connectivity index (χ1) is 17.1. The minimum absolute atomic E-state index is 0.186. The Morgan fingerprint density at radius 3 is 2.54 bits per heavy atom. The maximum absolute atomic E-state index is 12.7. The highest BCUT2D eigenvalue weighted by Gasteiger charge is 2.29. The van der Waals surface area contributed by atoms with Crippen molar-refractivity contribution < 1.29 is 14.1 Å². The molecule has 3 aliphatic rings. The summed E-state index contributed by atoms with van der Waals surface area (Å²) >= 11 is 6.07. The minimum atomic E-state index is 0.186. The number of carbonyl (C=O) groups is 1. The van der Waals surface area contributed by atoms with Crippen molar-refractivity contribution in [3.8, 4) is 0 Å². The summed E-state index contributed by atoms with van der Waals surface area (Å²) in [6.07, 6.45) is 10.3. The smallest absolute Gasteiger partial charge is 0.223 e. The lowest BCUT2D eigenvalue weighted by Gasteiger charge is -2.36. The summed E-state index contributed by atoms with van der Waals surface area (Å²) in [4.78, 5) is 17.6. The lowest BCUT2D eigenvalue weighted by Crippen LogP contribution is -2.47. The van der Waals surface area contributed by atoms with Gasteiger partial charge in [0.05, 0.1) is 11.5 Å². The number of rotatable bonds is 7. The molecule has 1 aromatic carbocycles. The normalized spacial score (nSPS) is 28.3. The van der Waals surface area contributed by atoms with Gasteiger partial charge < -0.3 is 19.5 Å². The largest absolute Gasteiger partial charge is 0.381 e. The number of aromatic nitrogens is 1. The molecule has 1 aromatic heterocycles. The number of methoxy groups -OCH3 is 1. The first kappa shape index (κ1) is 24.8. The van der Waals surface area contributed by atoms with E-state index in [9.17, 15) is 4.79 Å². The molecular weight excluding hydrogens is 464 g/mol. The van der Waals surface area contributed by atoms with E-state index in [1.807, 2.05) is 18.2 Å². The molecule has 2 saturated carbocycles. The molecule has 2 aliphatic carbocycles. The summed E-state index contributed by atoms with van der Waals surface area (Å²) in [5.74, 6) is 2.18. The van der Waals surface area contributed by atoms with Gasteiger partial charge in [-0.3, -0.25) is 9.69 Å². The molecule has 1 amide bonds. The SMILES string of the molecule is COC1CCC(C(=O)NC2CCC(CCN3CCN(c4noc5cc(Cl)ccc45)CC3)CC2)CC1. The van der Waals surface area contributed by atoms with E-state index < -0.39 is 0 Å². The van der Waals surface area contributed by atoms with Crippen LogP contribution in [-0.2, 0) is 9.53 Å². The quantitative estimate of drug-likeness (QED) is 0.582. The maximum Gasteiger partial charge on any atom is 0.223 e. The summed E-state index contributed by atoms with van der Waals surface area (Å²) in [5, 5.41) is 9.38. The second kappa shape index (κ2) is 11.5. The van der Waals surface area contributed by atoms with Crippen molar-refractivity contribution in [2.75, 3.05) is 44.7 Å². The molecule has 3 fully saturated rings. The van der Waals surface area contributed by atoms with E-state index in [0.717, 1.165) is 94.0 Å². The molecule has 2 heterocycles. The third kappa shape index (κ3) is 6.12. The first-order valence-corrected chi connectivity index (χ1v) is 13.8. The van der Waals surface area contributed by atoms with E-state index in [4.69, 9.17) is 20.9 Å². The lowest BCUT2D eigenvalue weighted by molar-refractivity contribution is -0.127. The molecule has 2 aromatic rings. The number of anilines is 1. The van der Waals surface area contributed by atoms with Crippen LogP contribution in [0.1, 0.15) is 57.8 Å². The van der Waals surface area contributed by atoms with Gasteiger partial charge in [0.25, 0.3) is 0 Å². The zero-order valence-electron chi connectivity index (χ0n) is 20.9. The van der Waals surface area contributed by atoms with Gasteiger partial charge in [-0.05, 0) is 82.4 Å². The third-order valence-corrected chi connectivity index (χ3v) is 8.75. The summed E-state index contributed by atoms with van der Waals surface area (Å²) < 4.78 is 10.9. The fourth-order valence-corrected chi connectivity index (χ4v) is 6.31. The van der Waals surface area contributed by atoms with Crippen molar-refractivity contribution in [3.63, 3.8) is 0 Å². The van der Waals surface area contributed by atoms with Gasteiger partial charge in [-0.2, -0.15) is 0 Å². The average Bonchev–Trinajstić information content (AvgIpc) is 3.31. The number of halogens is 1. The topological polar surface area (TPSA) is 70.8 Å². The van der Waals surface area contributed by atoms with Crippen molar-refractivity contribution in [1.82, 2.24) is 15.4 Å². The number of hydrogen-bond donors (Lipinski definition) is 1. The highest BCUT2D eigenvalue weighted by atomic mass is 35.5. The number of benzene rings is 1. The Labute approximate surface area is 213 Å². The average molecular weight is 503 g/mol. The molecule has 5 rings (SSSR count). The van der Waals surface area contributed by atoms with Crippen LogP contribution in [0.3, 0.4) is 0 Å². The van der Waals surface area contributed by atoms with Crippen molar-refractivity contribution >= 4 is 34.3 Å². The molecule has 0 radical (unpaired) electrons. The van der Waals surface area contributed by atoms with Gasteiger partial charge in [-0.25, -0.2) is 0 Å². The van der Waals surface area contributed by atoms with Gasteiger partial charge in [0.1, 0.15) is 0 Å². The van der Waals surface area contributed by atoms with Gasteiger partial charge in [-0.1, -0.05) is 16.8 Å². The van der Waals surface area contributed by atoms with E-state index in [-0.39, 0.29) is 11.8 Å². The monoisotopic (exact) mass is 502 g/mol. The molecule has 7 nitrogen and oxygen atoms in total. The highest BCUT2D eigenvalue weighted by Crippen LogP contribution is 2.31. The molecule has 0 bridgehead atoms. The molecule has 0 unspecified atom stereocenters. The second-order valence-corrected chi connectivity index (χ2v) is 11.1. The molecule has 192 valence electrons. The first-order valence-electron chi connectivity index (χ1n) is 13.4. The van der Waals surface area contributed by atoms with Crippen LogP contribution in [0.25, 0.3) is 11.0 Å². The molecule has 1 N–H and O–H groups in total. The Hall–Kier alpha value is -1.83. The Bertz CT molecular complexity index is 974. The van der Waals surface area contributed by atoms with Crippen LogP contribution in [0.2, 0.25) is 5.02 Å². The van der Waals surface area contributed by atoms with Crippen molar-refractivity contribution in [1.29, 1.82) is 0 Å². The van der Waals surface area contributed by atoms with Crippen molar-refractivity contribution in [2.24, 2.45) is 11.8 Å². The van der Waals surface area contributed by atoms with Crippen LogP contribution in [0, 0.1) is 11.8 Å². The second-order valence-electron chi connectivity index (χ2n) is 10.7. The number of fused-ring (bicyclic) bond motifs is 1. The Morgan fingerprint density at radius 1 is 1.09 bits per heavy atom. The van der Waals surface area contributed by atoms with Gasteiger partial charge in [0, 0.05) is 56.3 Å². The third-order valence-electron chi connectivity index (χ3n) is 8.51. The fraction of sp³-hybridized carbons (Fsp3) is 0.704. The van der Waals surface area contributed by atoms with Gasteiger partial charge in [-0.15, -0.1) is 0 Å². The standard InChI is InChI=1S/C27H39ClN4O3/c1-34-23-9-4-20(5-10-23)27(33)29-22-7-2-19(3-8-22)12-13-31-14-16-32(17-15-31)26-24-11-6-21(28)18-25(24)35-30-26/h6,11,18-20,22-23H,2-5,7-10,12-17H2,1H3,(H,29,33). The Balaban J connectivity index is 0.995. The molecule has 0 spiro atoms. The zero-order valence-corrected chi connectivity index (χ0v) is 21.6. The number of amides is 1. The van der Waals surface area contributed by atoms with Crippen molar-refractivity contribution in [2.45, 2.75) is 69.9 Å². The van der Waals surface area contributed by atoms with Crippen LogP contribution < -0.4 is 10.2 Å². The minimum Gasteiger partial charge on any atom is -0.381 e. The Kier molecular flexibility index (Phi) is 8.15. The number of hydrogen-bond acceptors (Lipinski definition) is 6. The Morgan fingerprint density at radius 2 is 1.83 bits per heavy atom. The molecule has 1 saturated heterocycles. The number of ether oxygens (including phenoxy) is 1. The number of nitrogens with zero attached hydrogens (tertiary/aromatic N) is 3. The summed E-state index contributed by atoms with van der Waals surface area (Å²) in [5.41, 5.74) is 0.750. The molecule has 0 atom stereocenters. The van der Waals surface area contributed by atoms with E-state index in [2.05, 4.69) is 20.3 Å². The van der Waals surface area contributed by atoms with Crippen LogP contribution in [0.5, 0.6) is 0 Å². The number of nitrogens with one attached hydrogen (secondary N) is 1. The van der Waals surface area contributed by atoms with Crippen LogP contribution in [-0.4, -0.2) is 67.9 Å². The summed E-state index contributed by atoms with van der Waals surface area (Å²) in [7, 11) is 1.78. The van der Waals surface area contributed by atoms with Crippen LogP contribution in [0.4, 0.5) is 5.82 Å². The van der Waals surface area contributed by atoms with Gasteiger partial charge >= 0.3 is 0 Å². The van der Waals surface area contributed by atoms with Crippen LogP contribution >= 0.6 is 11.6 Å². The lowest BCUT2D eigenvalue weighted by atomic mass is 9.83. The molecule has 35 heavy (non-hydrogen) atoms. The predicted octanol–water partition coefficient (Wildman–Crippen LogP) is 4.87. The van der Waals surface area contributed by atoms with E-state index >= 15 is 0 Å². The van der Waals surface area contributed by atoms with Gasteiger partial charge in [0.2, 0.25) is 5.91 Å². The number of piperazine rings is 1. The molecule has 8 heteroatoms. The zero-order chi connectivity index (χ0) is 24.2. The van der Waals surface area contributed by atoms with E-state index in [1.54, 1.807) is 7.11 Å². The number of carbonyl (C=O) groups excluding carboxylic acids is 1. The van der Waals surface area contributed by atoms with Crippen molar-refractivity contribution in [3.05, 3.63) is 23.2 Å². The maximum atomic E-state index is 12.7. The van der Waals surface area contributed by atoms with E-state index in [1.165, 1.54) is 19.3 Å². The molecular formula is C27H39ClN4O3. The van der Waals surface area contributed by atoms with Crippen LogP contribution in [0.15, 0.2) is 22.7 Å². The molecule has 1 aliphatic heterocycles. The van der Waals surface area contributed by atoms with E-state index in [0.29, 0.717) is 17.2 Å². The highest BCUT2D eigenvalue weighted by molar-refractivity contribution is 6.31. The summed E-state index contributed by atoms with van der Waals surface area (Å²) in [6, 6.07) is 6.10. The van der Waals surface area contributed by atoms with Gasteiger partial charge in [0.15, 0.2) is 11.4 Å². The predicted molar refractivity (Wildman–Crippen MR) is 139 cm³/mol.